The molecule has 4 nitrogen and oxygen atoms in total. The van der Waals surface area contributed by atoms with Gasteiger partial charge in [0.25, 0.3) is 0 Å². The van der Waals surface area contributed by atoms with Crippen LogP contribution in [0.15, 0.2) is 18.6 Å². The van der Waals surface area contributed by atoms with E-state index in [-0.39, 0.29) is 0 Å². The van der Waals surface area contributed by atoms with Crippen molar-refractivity contribution in [3.63, 3.8) is 0 Å². The predicted molar refractivity (Wildman–Crippen MR) is 62.6 cm³/mol. The first-order chi connectivity index (χ1) is 8.38. The lowest BCUT2D eigenvalue weighted by atomic mass is 9.66. The van der Waals surface area contributed by atoms with Crippen LogP contribution < -0.4 is 4.74 Å². The summed E-state index contributed by atoms with van der Waals surface area (Å²) in [6, 6.07) is 0. The van der Waals surface area contributed by atoms with Gasteiger partial charge in [0.2, 0.25) is 5.88 Å². The topological polar surface area (TPSA) is 38.2 Å². The summed E-state index contributed by atoms with van der Waals surface area (Å²) in [6.45, 7) is 3.76. The van der Waals surface area contributed by atoms with E-state index in [0.29, 0.717) is 23.8 Å². The van der Waals surface area contributed by atoms with Gasteiger partial charge in [-0.05, 0) is 18.8 Å². The highest BCUT2D eigenvalue weighted by Crippen LogP contribution is 2.44. The Bertz CT molecular complexity index is 380. The fourth-order valence-electron chi connectivity index (χ4n) is 4.04. The molecule has 0 amide bonds. The normalized spacial score (nSPS) is 42.7. The van der Waals surface area contributed by atoms with E-state index >= 15 is 0 Å². The van der Waals surface area contributed by atoms with Crippen LogP contribution in [0.5, 0.6) is 5.88 Å². The van der Waals surface area contributed by atoms with Gasteiger partial charge in [0.15, 0.2) is 0 Å². The molecule has 4 fully saturated rings. The van der Waals surface area contributed by atoms with E-state index in [9.17, 15) is 0 Å². The summed E-state index contributed by atoms with van der Waals surface area (Å²) >= 11 is 0. The standard InChI is InChI=1S/C13H17N3O/c1-2-15-12(5-14-1)17-13-10-3-9-4-11(13)8-16(6-9)7-10/h1-2,5,9-11,13H,3-4,6-8H2/t9?,10-,11-,13?/m0/s1. The number of ether oxygens (including phenoxy) is 1. The van der Waals surface area contributed by atoms with Gasteiger partial charge in [-0.15, -0.1) is 0 Å². The molecular weight excluding hydrogens is 214 g/mol. The van der Waals surface area contributed by atoms with Gasteiger partial charge in [0, 0.05) is 43.9 Å². The minimum absolute atomic E-state index is 0.375. The summed E-state index contributed by atoms with van der Waals surface area (Å²) in [7, 11) is 0. The molecule has 0 aromatic carbocycles. The zero-order valence-electron chi connectivity index (χ0n) is 9.83. The molecule has 0 N–H and O–H groups in total. The molecule has 1 aliphatic carbocycles. The smallest absolute Gasteiger partial charge is 0.232 e. The minimum atomic E-state index is 0.375. The van der Waals surface area contributed by atoms with Crippen molar-refractivity contribution in [3.8, 4) is 5.88 Å². The molecule has 3 saturated heterocycles. The van der Waals surface area contributed by atoms with Crippen LogP contribution in [0.1, 0.15) is 12.8 Å². The monoisotopic (exact) mass is 231 g/mol. The van der Waals surface area contributed by atoms with Crippen LogP contribution in [0.2, 0.25) is 0 Å². The average molecular weight is 231 g/mol. The lowest BCUT2D eigenvalue weighted by Gasteiger charge is -2.55. The van der Waals surface area contributed by atoms with Gasteiger partial charge in [-0.2, -0.15) is 0 Å². The van der Waals surface area contributed by atoms with Crippen molar-refractivity contribution in [3.05, 3.63) is 18.6 Å². The summed E-state index contributed by atoms with van der Waals surface area (Å²) in [6.07, 6.45) is 8.19. The fourth-order valence-corrected chi connectivity index (χ4v) is 4.04. The van der Waals surface area contributed by atoms with Crippen LogP contribution in [0.3, 0.4) is 0 Å². The van der Waals surface area contributed by atoms with Crippen molar-refractivity contribution in [1.29, 1.82) is 0 Å². The molecular formula is C13H17N3O. The Balaban J connectivity index is 1.55. The van der Waals surface area contributed by atoms with Gasteiger partial charge < -0.3 is 9.64 Å². The molecule has 4 bridgehead atoms. The van der Waals surface area contributed by atoms with Crippen LogP contribution in [-0.2, 0) is 0 Å². The van der Waals surface area contributed by atoms with Crippen LogP contribution in [-0.4, -0.2) is 40.6 Å². The number of nitrogens with zero attached hydrogens (tertiary/aromatic N) is 3. The van der Waals surface area contributed by atoms with Crippen LogP contribution in [0.4, 0.5) is 0 Å². The maximum absolute atomic E-state index is 6.09. The summed E-state index contributed by atoms with van der Waals surface area (Å²) in [5, 5.41) is 0. The molecule has 1 saturated carbocycles. The molecule has 4 heteroatoms. The molecule has 3 aliphatic heterocycles. The molecule has 90 valence electrons. The van der Waals surface area contributed by atoms with Gasteiger partial charge in [-0.3, -0.25) is 4.98 Å². The first kappa shape index (κ1) is 9.83. The highest BCUT2D eigenvalue weighted by Gasteiger charge is 2.48. The number of aromatic nitrogens is 2. The predicted octanol–water partition coefficient (Wildman–Crippen LogP) is 1.20. The SMILES string of the molecule is c1cnc(OC2[C@H]3CC4C[C@H]2CN(C4)C3)cn1. The van der Waals surface area contributed by atoms with Crippen molar-refractivity contribution in [2.75, 3.05) is 19.6 Å². The molecule has 1 aromatic rings. The molecule has 0 unspecified atom stereocenters. The quantitative estimate of drug-likeness (QED) is 0.766. The first-order valence-electron chi connectivity index (χ1n) is 6.53. The molecule has 1 aromatic heterocycles. The maximum atomic E-state index is 6.09. The maximum Gasteiger partial charge on any atom is 0.232 e. The summed E-state index contributed by atoms with van der Waals surface area (Å²) in [4.78, 5) is 10.9. The summed E-state index contributed by atoms with van der Waals surface area (Å²) in [5.41, 5.74) is 0. The number of piperidine rings is 3. The second-order valence-corrected chi connectivity index (χ2v) is 5.70. The van der Waals surface area contributed by atoms with Gasteiger partial charge in [0.1, 0.15) is 6.10 Å². The van der Waals surface area contributed by atoms with E-state index < -0.39 is 0 Å². The highest BCUT2D eigenvalue weighted by molar-refractivity contribution is 5.07. The Labute approximate surface area is 101 Å². The van der Waals surface area contributed by atoms with Crippen molar-refractivity contribution in [2.24, 2.45) is 17.8 Å². The van der Waals surface area contributed by atoms with E-state index in [1.54, 1.807) is 18.6 Å². The second kappa shape index (κ2) is 3.67. The zero-order chi connectivity index (χ0) is 11.2. The van der Waals surface area contributed by atoms with Crippen molar-refractivity contribution >= 4 is 0 Å². The molecule has 2 atom stereocenters. The third-order valence-electron chi connectivity index (χ3n) is 4.50. The Morgan fingerprint density at radius 2 is 1.94 bits per heavy atom. The first-order valence-corrected chi connectivity index (χ1v) is 6.53. The van der Waals surface area contributed by atoms with Crippen LogP contribution in [0, 0.1) is 17.8 Å². The number of rotatable bonds is 2. The molecule has 4 heterocycles. The average Bonchev–Trinajstić information content (AvgIpc) is 2.34. The van der Waals surface area contributed by atoms with Crippen molar-refractivity contribution in [2.45, 2.75) is 18.9 Å². The minimum Gasteiger partial charge on any atom is -0.473 e. The van der Waals surface area contributed by atoms with E-state index in [1.165, 1.54) is 32.5 Å². The Kier molecular flexibility index (Phi) is 2.12. The highest BCUT2D eigenvalue weighted by atomic mass is 16.5. The largest absolute Gasteiger partial charge is 0.473 e. The lowest BCUT2D eigenvalue weighted by Crippen LogP contribution is -2.61. The van der Waals surface area contributed by atoms with E-state index in [1.807, 2.05) is 0 Å². The van der Waals surface area contributed by atoms with Crippen LogP contribution >= 0.6 is 0 Å². The molecule has 0 spiro atoms. The van der Waals surface area contributed by atoms with E-state index in [0.717, 1.165) is 5.92 Å². The fraction of sp³-hybridized carbons (Fsp3) is 0.692. The second-order valence-electron chi connectivity index (χ2n) is 5.70. The van der Waals surface area contributed by atoms with Gasteiger partial charge in [-0.25, -0.2) is 4.98 Å². The van der Waals surface area contributed by atoms with Crippen LogP contribution in [0.25, 0.3) is 0 Å². The molecule has 17 heavy (non-hydrogen) atoms. The molecule has 0 radical (unpaired) electrons. The zero-order valence-corrected chi connectivity index (χ0v) is 9.83. The molecule has 4 aliphatic rings. The number of hydrogen-bond acceptors (Lipinski definition) is 4. The summed E-state index contributed by atoms with van der Waals surface area (Å²) in [5.74, 6) is 3.04. The summed E-state index contributed by atoms with van der Waals surface area (Å²) < 4.78 is 6.09. The van der Waals surface area contributed by atoms with Crippen molar-refractivity contribution < 1.29 is 4.74 Å². The van der Waals surface area contributed by atoms with Gasteiger partial charge in [-0.1, -0.05) is 0 Å². The van der Waals surface area contributed by atoms with Crippen molar-refractivity contribution in [1.82, 2.24) is 14.9 Å². The number of hydrogen-bond donors (Lipinski definition) is 0. The Morgan fingerprint density at radius 3 is 2.59 bits per heavy atom. The Morgan fingerprint density at radius 1 is 1.12 bits per heavy atom. The van der Waals surface area contributed by atoms with Gasteiger partial charge in [0.05, 0.1) is 6.20 Å². The Hall–Kier alpha value is -1.16. The third-order valence-corrected chi connectivity index (χ3v) is 4.50. The van der Waals surface area contributed by atoms with E-state index in [4.69, 9.17) is 4.74 Å². The molecule has 5 rings (SSSR count). The third kappa shape index (κ3) is 1.62. The van der Waals surface area contributed by atoms with Gasteiger partial charge >= 0.3 is 0 Å². The lowest BCUT2D eigenvalue weighted by molar-refractivity contribution is -0.0998. The van der Waals surface area contributed by atoms with E-state index in [2.05, 4.69) is 14.9 Å².